The van der Waals surface area contributed by atoms with Gasteiger partial charge in [0.05, 0.1) is 12.5 Å². The predicted molar refractivity (Wildman–Crippen MR) is 66.4 cm³/mol. The Morgan fingerprint density at radius 2 is 2.00 bits per heavy atom. The van der Waals surface area contributed by atoms with Crippen LogP contribution >= 0.6 is 0 Å². The highest BCUT2D eigenvalue weighted by Crippen LogP contribution is 2.14. The summed E-state index contributed by atoms with van der Waals surface area (Å²) < 4.78 is 4.95. The van der Waals surface area contributed by atoms with Crippen LogP contribution < -0.4 is 5.32 Å². The monoisotopic (exact) mass is 230 g/mol. The topological polar surface area (TPSA) is 41.6 Å². The average Bonchev–Trinajstić information content (AvgIpc) is 2.12. The minimum Gasteiger partial charge on any atom is -0.384 e. The zero-order valence-corrected chi connectivity index (χ0v) is 11.5. The van der Waals surface area contributed by atoms with E-state index in [-0.39, 0.29) is 17.2 Å². The molecule has 0 radical (unpaired) electrons. The fourth-order valence-corrected chi connectivity index (χ4v) is 1.74. The van der Waals surface area contributed by atoms with Crippen molar-refractivity contribution in [3.05, 3.63) is 0 Å². The van der Waals surface area contributed by atoms with E-state index in [1.54, 1.807) is 7.11 Å². The van der Waals surface area contributed by atoms with Crippen molar-refractivity contribution in [1.29, 1.82) is 0 Å². The molecule has 16 heavy (non-hydrogen) atoms. The lowest BCUT2D eigenvalue weighted by Crippen LogP contribution is -2.42. The van der Waals surface area contributed by atoms with E-state index in [9.17, 15) is 4.79 Å². The first kappa shape index (κ1) is 15.4. The summed E-state index contributed by atoms with van der Waals surface area (Å²) >= 11 is 0. The second-order valence-corrected chi connectivity index (χ2v) is 5.48. The van der Waals surface area contributed by atoms with Gasteiger partial charge in [-0.25, -0.2) is 0 Å². The molecule has 0 heterocycles. The van der Waals surface area contributed by atoms with E-state index >= 15 is 0 Å². The van der Waals surface area contributed by atoms with E-state index in [0.717, 1.165) is 6.54 Å². The molecule has 0 aromatic carbocycles. The number of nitrogens with zero attached hydrogens (tertiary/aromatic N) is 1. The first-order valence-electron chi connectivity index (χ1n) is 5.70. The molecule has 0 saturated heterocycles. The molecule has 0 aliphatic rings. The van der Waals surface area contributed by atoms with Crippen LogP contribution in [0, 0.1) is 11.3 Å². The van der Waals surface area contributed by atoms with Crippen molar-refractivity contribution in [2.45, 2.75) is 20.8 Å². The Morgan fingerprint density at radius 1 is 1.44 bits per heavy atom. The van der Waals surface area contributed by atoms with Crippen LogP contribution in [-0.2, 0) is 9.53 Å². The molecule has 96 valence electrons. The van der Waals surface area contributed by atoms with Crippen molar-refractivity contribution in [3.63, 3.8) is 0 Å². The number of methoxy groups -OCH3 is 1. The van der Waals surface area contributed by atoms with Gasteiger partial charge < -0.3 is 15.0 Å². The van der Waals surface area contributed by atoms with E-state index in [2.05, 4.69) is 24.1 Å². The second kappa shape index (κ2) is 6.86. The Bertz CT molecular complexity index is 215. The molecule has 1 atom stereocenters. The van der Waals surface area contributed by atoms with Crippen molar-refractivity contribution in [3.8, 4) is 0 Å². The van der Waals surface area contributed by atoms with Gasteiger partial charge in [0.1, 0.15) is 0 Å². The largest absolute Gasteiger partial charge is 0.384 e. The van der Waals surface area contributed by atoms with Gasteiger partial charge in [-0.15, -0.1) is 0 Å². The number of ether oxygens (including phenoxy) is 1. The summed E-state index contributed by atoms with van der Waals surface area (Å²) in [5.41, 5.74) is 0.0892. The van der Waals surface area contributed by atoms with Gasteiger partial charge in [-0.3, -0.25) is 4.79 Å². The van der Waals surface area contributed by atoms with Gasteiger partial charge >= 0.3 is 0 Å². The number of nitrogens with one attached hydrogen (secondary N) is 1. The van der Waals surface area contributed by atoms with Gasteiger partial charge in [-0.1, -0.05) is 20.8 Å². The molecule has 0 aromatic heterocycles. The summed E-state index contributed by atoms with van der Waals surface area (Å²) in [5, 5.41) is 2.97. The van der Waals surface area contributed by atoms with Gasteiger partial charge in [-0.05, 0) is 19.5 Å². The number of amides is 1. The molecule has 0 saturated carbocycles. The summed E-state index contributed by atoms with van der Waals surface area (Å²) in [5.74, 6) is -0.0196. The molecule has 0 rings (SSSR count). The highest BCUT2D eigenvalue weighted by Gasteiger charge is 2.21. The van der Waals surface area contributed by atoms with Gasteiger partial charge in [-0.2, -0.15) is 0 Å². The van der Waals surface area contributed by atoms with Crippen molar-refractivity contribution < 1.29 is 9.53 Å². The molecule has 0 fully saturated rings. The third-order valence-electron chi connectivity index (χ3n) is 2.35. The second-order valence-electron chi connectivity index (χ2n) is 5.48. The van der Waals surface area contributed by atoms with Gasteiger partial charge in [0.2, 0.25) is 5.91 Å². The number of hydrogen-bond acceptors (Lipinski definition) is 3. The SMILES string of the molecule is COCC(C)C(=O)NCC(C)(C)CN(C)C. The van der Waals surface area contributed by atoms with Crippen LogP contribution in [-0.4, -0.2) is 51.7 Å². The van der Waals surface area contributed by atoms with E-state index in [4.69, 9.17) is 4.74 Å². The Balaban J connectivity index is 3.99. The highest BCUT2D eigenvalue weighted by molar-refractivity contribution is 5.78. The third-order valence-corrected chi connectivity index (χ3v) is 2.35. The quantitative estimate of drug-likeness (QED) is 0.708. The Morgan fingerprint density at radius 3 is 2.44 bits per heavy atom. The lowest BCUT2D eigenvalue weighted by Gasteiger charge is -2.28. The van der Waals surface area contributed by atoms with Crippen LogP contribution in [0.15, 0.2) is 0 Å². The molecule has 0 aliphatic carbocycles. The molecule has 0 aromatic rings. The number of carbonyl (C=O) groups is 1. The third kappa shape index (κ3) is 6.80. The number of rotatable bonds is 7. The zero-order chi connectivity index (χ0) is 12.8. The molecule has 1 amide bonds. The fourth-order valence-electron chi connectivity index (χ4n) is 1.74. The maximum absolute atomic E-state index is 11.7. The van der Waals surface area contributed by atoms with Crippen molar-refractivity contribution in [2.75, 3.05) is 40.9 Å². The lowest BCUT2D eigenvalue weighted by atomic mass is 9.92. The van der Waals surface area contributed by atoms with Crippen LogP contribution in [0.25, 0.3) is 0 Å². The first-order chi connectivity index (χ1) is 7.28. The first-order valence-corrected chi connectivity index (χ1v) is 5.70. The Hall–Kier alpha value is -0.610. The smallest absolute Gasteiger partial charge is 0.225 e. The normalized spacial score (nSPS) is 13.9. The maximum atomic E-state index is 11.7. The van der Waals surface area contributed by atoms with Crippen LogP contribution in [0.4, 0.5) is 0 Å². The molecule has 4 heteroatoms. The van der Waals surface area contributed by atoms with Gasteiger partial charge in [0, 0.05) is 20.2 Å². The van der Waals surface area contributed by atoms with Crippen LogP contribution in [0.3, 0.4) is 0 Å². The summed E-state index contributed by atoms with van der Waals surface area (Å²) in [6.45, 7) is 8.28. The van der Waals surface area contributed by atoms with Crippen molar-refractivity contribution >= 4 is 5.91 Å². The van der Waals surface area contributed by atoms with Crippen molar-refractivity contribution in [1.82, 2.24) is 10.2 Å². The van der Waals surface area contributed by atoms with E-state index in [0.29, 0.717) is 13.2 Å². The molecule has 1 N–H and O–H groups in total. The lowest BCUT2D eigenvalue weighted by molar-refractivity contribution is -0.126. The average molecular weight is 230 g/mol. The Labute approximate surface area is 99.3 Å². The predicted octanol–water partition coefficient (Wildman–Crippen LogP) is 0.973. The Kier molecular flexibility index (Phi) is 6.60. The van der Waals surface area contributed by atoms with Crippen LogP contribution in [0.2, 0.25) is 0 Å². The molecule has 4 nitrogen and oxygen atoms in total. The summed E-state index contributed by atoms with van der Waals surface area (Å²) in [6, 6.07) is 0. The fraction of sp³-hybridized carbons (Fsp3) is 0.917. The van der Waals surface area contributed by atoms with Crippen LogP contribution in [0.5, 0.6) is 0 Å². The summed E-state index contributed by atoms with van der Waals surface area (Å²) in [4.78, 5) is 13.8. The van der Waals surface area contributed by atoms with Gasteiger partial charge in [0.15, 0.2) is 0 Å². The van der Waals surface area contributed by atoms with Gasteiger partial charge in [0.25, 0.3) is 0 Å². The molecule has 0 bridgehead atoms. The molecular weight excluding hydrogens is 204 g/mol. The minimum atomic E-state index is -0.0832. The minimum absolute atomic E-state index is 0.0636. The van der Waals surface area contributed by atoms with Crippen molar-refractivity contribution in [2.24, 2.45) is 11.3 Å². The summed E-state index contributed by atoms with van der Waals surface area (Å²) in [7, 11) is 5.69. The summed E-state index contributed by atoms with van der Waals surface area (Å²) in [6.07, 6.45) is 0. The molecular formula is C12H26N2O2. The molecule has 0 aliphatic heterocycles. The number of carbonyl (C=O) groups excluding carboxylic acids is 1. The molecule has 0 spiro atoms. The standard InChI is InChI=1S/C12H26N2O2/c1-10(7-16-6)11(15)13-8-12(2,3)9-14(4)5/h10H,7-9H2,1-6H3,(H,13,15). The van der Waals surface area contributed by atoms with Crippen LogP contribution in [0.1, 0.15) is 20.8 Å². The van der Waals surface area contributed by atoms with E-state index in [1.165, 1.54) is 0 Å². The van der Waals surface area contributed by atoms with E-state index < -0.39 is 0 Å². The highest BCUT2D eigenvalue weighted by atomic mass is 16.5. The van der Waals surface area contributed by atoms with E-state index in [1.807, 2.05) is 21.0 Å². The number of hydrogen-bond donors (Lipinski definition) is 1. The molecule has 1 unspecified atom stereocenters. The zero-order valence-electron chi connectivity index (χ0n) is 11.5. The maximum Gasteiger partial charge on any atom is 0.225 e.